The number of alkyl halides is 3. The van der Waals surface area contributed by atoms with E-state index in [1.807, 2.05) is 0 Å². The molecule has 2 aliphatic rings. The smallest absolute Gasteiger partial charge is 0.405 e. The van der Waals surface area contributed by atoms with E-state index < -0.39 is 34.7 Å². The maximum atomic E-state index is 12.9. The molecular formula is C16H19F3N2O5S. The summed E-state index contributed by atoms with van der Waals surface area (Å²) >= 11 is 0. The van der Waals surface area contributed by atoms with E-state index in [-0.39, 0.29) is 23.6 Å². The van der Waals surface area contributed by atoms with Gasteiger partial charge < -0.3 is 14.8 Å². The molecule has 2 aliphatic heterocycles. The molecule has 1 aromatic carbocycles. The number of sulfonamides is 1. The van der Waals surface area contributed by atoms with Crippen molar-refractivity contribution in [2.24, 2.45) is 0 Å². The molecule has 0 radical (unpaired) electrons. The third-order valence-corrected chi connectivity index (χ3v) is 6.20. The standard InChI is InChI=1S/C16H19F3N2O5S/c17-16(18,19)10-20-15(22)12-3-1-6-21(12)27(23,24)11-4-5-13-14(9-11)26-8-2-7-25-13/h4-5,9,12H,1-3,6-8,10H2,(H,20,22). The van der Waals surface area contributed by atoms with Gasteiger partial charge in [0.15, 0.2) is 11.5 Å². The topological polar surface area (TPSA) is 84.9 Å². The summed E-state index contributed by atoms with van der Waals surface area (Å²) in [5, 5.41) is 1.76. The molecule has 1 amide bonds. The first-order valence-electron chi connectivity index (χ1n) is 8.44. The zero-order valence-electron chi connectivity index (χ0n) is 14.3. The molecular weight excluding hydrogens is 389 g/mol. The molecule has 11 heteroatoms. The summed E-state index contributed by atoms with van der Waals surface area (Å²) in [5.74, 6) is -0.249. The van der Waals surface area contributed by atoms with Crippen LogP contribution in [0.3, 0.4) is 0 Å². The van der Waals surface area contributed by atoms with E-state index in [1.54, 1.807) is 5.32 Å². The Hall–Kier alpha value is -2.01. The van der Waals surface area contributed by atoms with Crippen molar-refractivity contribution in [1.82, 2.24) is 9.62 Å². The predicted molar refractivity (Wildman–Crippen MR) is 88.0 cm³/mol. The van der Waals surface area contributed by atoms with Crippen molar-refractivity contribution in [2.75, 3.05) is 26.3 Å². The monoisotopic (exact) mass is 408 g/mol. The Balaban J connectivity index is 1.81. The van der Waals surface area contributed by atoms with Gasteiger partial charge in [0.25, 0.3) is 0 Å². The van der Waals surface area contributed by atoms with E-state index >= 15 is 0 Å². The molecule has 27 heavy (non-hydrogen) atoms. The molecule has 1 saturated heterocycles. The quantitative estimate of drug-likeness (QED) is 0.820. The van der Waals surface area contributed by atoms with Crippen LogP contribution in [0.4, 0.5) is 13.2 Å². The van der Waals surface area contributed by atoms with Crippen molar-refractivity contribution in [3.05, 3.63) is 18.2 Å². The molecule has 1 aromatic rings. The Morgan fingerprint density at radius 1 is 1.19 bits per heavy atom. The third-order valence-electron chi connectivity index (χ3n) is 4.29. The van der Waals surface area contributed by atoms with E-state index in [1.165, 1.54) is 18.2 Å². The average Bonchev–Trinajstić information content (AvgIpc) is 2.99. The van der Waals surface area contributed by atoms with E-state index in [0.717, 1.165) is 4.31 Å². The largest absolute Gasteiger partial charge is 0.490 e. The second kappa shape index (κ2) is 7.55. The summed E-state index contributed by atoms with van der Waals surface area (Å²) in [4.78, 5) is 12.0. The summed E-state index contributed by atoms with van der Waals surface area (Å²) in [6, 6.07) is 2.96. The molecule has 0 spiro atoms. The molecule has 7 nitrogen and oxygen atoms in total. The number of halogens is 3. The highest BCUT2D eigenvalue weighted by atomic mass is 32.2. The second-order valence-corrected chi connectivity index (χ2v) is 8.16. The Kier molecular flexibility index (Phi) is 5.52. The van der Waals surface area contributed by atoms with Gasteiger partial charge in [-0.25, -0.2) is 8.42 Å². The van der Waals surface area contributed by atoms with Crippen molar-refractivity contribution in [1.29, 1.82) is 0 Å². The van der Waals surface area contributed by atoms with Crippen molar-refractivity contribution in [3.63, 3.8) is 0 Å². The Morgan fingerprint density at radius 3 is 2.59 bits per heavy atom. The van der Waals surface area contributed by atoms with Crippen LogP contribution >= 0.6 is 0 Å². The van der Waals surface area contributed by atoms with Crippen LogP contribution in [0.1, 0.15) is 19.3 Å². The summed E-state index contributed by atoms with van der Waals surface area (Å²) in [6.45, 7) is -0.615. The van der Waals surface area contributed by atoms with Gasteiger partial charge in [0.1, 0.15) is 12.6 Å². The molecule has 1 unspecified atom stereocenters. The van der Waals surface area contributed by atoms with Crippen molar-refractivity contribution in [3.8, 4) is 11.5 Å². The maximum Gasteiger partial charge on any atom is 0.405 e. The van der Waals surface area contributed by atoms with Gasteiger partial charge in [0, 0.05) is 19.0 Å². The molecule has 0 aromatic heterocycles. The number of nitrogens with zero attached hydrogens (tertiary/aromatic N) is 1. The third kappa shape index (κ3) is 4.46. The fourth-order valence-electron chi connectivity index (χ4n) is 3.03. The van der Waals surface area contributed by atoms with Crippen LogP contribution < -0.4 is 14.8 Å². The SMILES string of the molecule is O=C(NCC(F)(F)F)C1CCCN1S(=O)(=O)c1ccc2c(c1)OCCCO2. The van der Waals surface area contributed by atoms with Gasteiger partial charge in [-0.1, -0.05) is 0 Å². The molecule has 1 fully saturated rings. The van der Waals surface area contributed by atoms with Crippen molar-refractivity contribution in [2.45, 2.75) is 36.4 Å². The first-order valence-corrected chi connectivity index (χ1v) is 9.88. The molecule has 2 heterocycles. The Labute approximate surface area is 154 Å². The van der Waals surface area contributed by atoms with Crippen LogP contribution in [0, 0.1) is 0 Å². The molecule has 0 aliphatic carbocycles. The summed E-state index contributed by atoms with van der Waals surface area (Å²) in [7, 11) is -4.08. The number of amides is 1. The molecule has 3 rings (SSSR count). The lowest BCUT2D eigenvalue weighted by Gasteiger charge is -2.24. The number of hydrogen-bond donors (Lipinski definition) is 1. The van der Waals surface area contributed by atoms with Gasteiger partial charge in [-0.3, -0.25) is 4.79 Å². The van der Waals surface area contributed by atoms with Gasteiger partial charge in [-0.15, -0.1) is 0 Å². The Bertz CT molecular complexity index is 813. The van der Waals surface area contributed by atoms with Gasteiger partial charge in [-0.05, 0) is 25.0 Å². The van der Waals surface area contributed by atoms with Gasteiger partial charge in [0.05, 0.1) is 18.1 Å². The fourth-order valence-corrected chi connectivity index (χ4v) is 4.71. The van der Waals surface area contributed by atoms with Crippen molar-refractivity contribution >= 4 is 15.9 Å². The lowest BCUT2D eigenvalue weighted by atomic mass is 10.2. The van der Waals surface area contributed by atoms with E-state index in [2.05, 4.69) is 0 Å². The average molecular weight is 408 g/mol. The first-order chi connectivity index (χ1) is 12.7. The van der Waals surface area contributed by atoms with Gasteiger partial charge in [0.2, 0.25) is 15.9 Å². The van der Waals surface area contributed by atoms with Crippen LogP contribution in [-0.2, 0) is 14.8 Å². The van der Waals surface area contributed by atoms with Crippen LogP contribution in [0.5, 0.6) is 11.5 Å². The molecule has 150 valence electrons. The first kappa shape index (κ1) is 19.7. The number of rotatable bonds is 4. The maximum absolute atomic E-state index is 12.9. The Morgan fingerprint density at radius 2 is 1.89 bits per heavy atom. The summed E-state index contributed by atoms with van der Waals surface area (Å²) < 4.78 is 74.7. The number of hydrogen-bond acceptors (Lipinski definition) is 5. The number of benzene rings is 1. The molecule has 0 saturated carbocycles. The minimum absolute atomic E-state index is 0.0564. The lowest BCUT2D eigenvalue weighted by molar-refractivity contribution is -0.140. The molecule has 1 atom stereocenters. The fraction of sp³-hybridized carbons (Fsp3) is 0.562. The minimum Gasteiger partial charge on any atom is -0.490 e. The normalized spacial score (nSPS) is 20.9. The number of carbonyl (C=O) groups excluding carboxylic acids is 1. The zero-order chi connectivity index (χ0) is 19.7. The highest BCUT2D eigenvalue weighted by Gasteiger charge is 2.40. The number of fused-ring (bicyclic) bond motifs is 1. The van der Waals surface area contributed by atoms with Gasteiger partial charge in [-0.2, -0.15) is 17.5 Å². The minimum atomic E-state index is -4.56. The van der Waals surface area contributed by atoms with Gasteiger partial charge >= 0.3 is 6.18 Å². The molecule has 1 N–H and O–H groups in total. The second-order valence-electron chi connectivity index (χ2n) is 6.27. The summed E-state index contributed by atoms with van der Waals surface area (Å²) in [5.41, 5.74) is 0. The highest BCUT2D eigenvalue weighted by molar-refractivity contribution is 7.89. The van der Waals surface area contributed by atoms with E-state index in [4.69, 9.17) is 9.47 Å². The predicted octanol–water partition coefficient (Wildman–Crippen LogP) is 1.68. The molecule has 0 bridgehead atoms. The van der Waals surface area contributed by atoms with Crippen LogP contribution in [0.15, 0.2) is 23.1 Å². The van der Waals surface area contributed by atoms with E-state index in [9.17, 15) is 26.4 Å². The van der Waals surface area contributed by atoms with Crippen LogP contribution in [0.25, 0.3) is 0 Å². The van der Waals surface area contributed by atoms with Crippen LogP contribution in [0.2, 0.25) is 0 Å². The zero-order valence-corrected chi connectivity index (χ0v) is 15.1. The lowest BCUT2D eigenvalue weighted by Crippen LogP contribution is -2.47. The van der Waals surface area contributed by atoms with E-state index in [0.29, 0.717) is 31.8 Å². The van der Waals surface area contributed by atoms with Crippen LogP contribution in [-0.4, -0.2) is 57.2 Å². The number of ether oxygens (including phenoxy) is 2. The highest BCUT2D eigenvalue weighted by Crippen LogP contribution is 2.34. The summed E-state index contributed by atoms with van der Waals surface area (Å²) in [6.07, 6.45) is -3.36. The number of nitrogens with one attached hydrogen (secondary N) is 1. The van der Waals surface area contributed by atoms with Crippen molar-refractivity contribution < 1.29 is 35.9 Å². The number of carbonyl (C=O) groups is 1.